The Bertz CT molecular complexity index is 1030. The lowest BCUT2D eigenvalue weighted by atomic mass is 10.0. The Hall–Kier alpha value is -3.41. The highest BCUT2D eigenvalue weighted by atomic mass is 16.5. The van der Waals surface area contributed by atoms with Crippen LogP contribution in [-0.2, 0) is 6.42 Å². The largest absolute Gasteiger partial charge is 0.463 e. The highest BCUT2D eigenvalue weighted by Gasteiger charge is 2.08. The Balaban J connectivity index is 1.66. The van der Waals surface area contributed by atoms with E-state index in [1.54, 1.807) is 6.21 Å². The van der Waals surface area contributed by atoms with Gasteiger partial charge in [-0.25, -0.2) is 0 Å². The van der Waals surface area contributed by atoms with E-state index >= 15 is 0 Å². The number of aryl methyl sites for hydroxylation is 3. The van der Waals surface area contributed by atoms with Crippen LogP contribution in [0.1, 0.15) is 27.8 Å². The van der Waals surface area contributed by atoms with E-state index in [1.165, 1.54) is 22.3 Å². The topological polar surface area (TPSA) is 62.6 Å². The van der Waals surface area contributed by atoms with Gasteiger partial charge in [0.25, 0.3) is 0 Å². The molecule has 0 bridgehead atoms. The van der Waals surface area contributed by atoms with Crippen LogP contribution in [0.4, 0.5) is 11.6 Å². The van der Waals surface area contributed by atoms with Gasteiger partial charge in [0, 0.05) is 26.6 Å². The molecule has 0 radical (unpaired) electrons. The van der Waals surface area contributed by atoms with Crippen molar-refractivity contribution in [1.29, 1.82) is 0 Å². The molecule has 1 heterocycles. The highest BCUT2D eigenvalue weighted by Crippen LogP contribution is 2.18. The van der Waals surface area contributed by atoms with Gasteiger partial charge in [0.2, 0.25) is 0 Å². The molecule has 6 nitrogen and oxygen atoms in total. The molecule has 6 heteroatoms. The number of nitrogens with zero attached hydrogens (tertiary/aromatic N) is 4. The summed E-state index contributed by atoms with van der Waals surface area (Å²) >= 11 is 0. The molecule has 1 N–H and O–H groups in total. The fourth-order valence-electron chi connectivity index (χ4n) is 2.91. The molecule has 2 aromatic carbocycles. The number of aromatic nitrogens is 2. The van der Waals surface area contributed by atoms with Crippen molar-refractivity contribution in [3.8, 4) is 6.01 Å². The predicted octanol–water partition coefficient (Wildman–Crippen LogP) is 4.54. The van der Waals surface area contributed by atoms with Crippen LogP contribution in [0.15, 0.2) is 53.6 Å². The van der Waals surface area contributed by atoms with E-state index in [-0.39, 0.29) is 0 Å². The second kappa shape index (κ2) is 9.87. The fraction of sp³-hybridized carbons (Fsp3) is 0.292. The molecule has 1 aromatic heterocycles. The lowest BCUT2D eigenvalue weighted by Gasteiger charge is -2.14. The van der Waals surface area contributed by atoms with Gasteiger partial charge < -0.3 is 9.64 Å². The second-order valence-corrected chi connectivity index (χ2v) is 7.59. The highest BCUT2D eigenvalue weighted by molar-refractivity contribution is 5.80. The summed E-state index contributed by atoms with van der Waals surface area (Å²) in [6.07, 6.45) is 2.57. The van der Waals surface area contributed by atoms with Gasteiger partial charge in [0.15, 0.2) is 5.82 Å². The van der Waals surface area contributed by atoms with Crippen molar-refractivity contribution in [2.45, 2.75) is 27.2 Å². The normalized spacial score (nSPS) is 11.0. The third kappa shape index (κ3) is 6.04. The minimum atomic E-state index is 0.332. The molecule has 0 aliphatic carbocycles. The third-order valence-corrected chi connectivity index (χ3v) is 4.78. The standard InChI is InChI=1S/C24H29N5O/c1-17-7-6-8-21(13-17)16-25-28-22-15-23(29(4)5)27-24(26-22)30-12-11-20-10-9-18(2)19(3)14-20/h6-10,13-16H,11-12H2,1-5H3,(H,26,27,28)/b25-16+. The van der Waals surface area contributed by atoms with Crippen LogP contribution in [0.3, 0.4) is 0 Å². The van der Waals surface area contributed by atoms with Crippen molar-refractivity contribution in [2.75, 3.05) is 31.0 Å². The van der Waals surface area contributed by atoms with E-state index in [1.807, 2.05) is 37.2 Å². The first-order chi connectivity index (χ1) is 14.4. The van der Waals surface area contributed by atoms with Gasteiger partial charge in [-0.05, 0) is 43.0 Å². The summed E-state index contributed by atoms with van der Waals surface area (Å²) in [5.74, 6) is 1.33. The SMILES string of the molecule is Cc1cccc(/C=N/Nc2cc(N(C)C)nc(OCCc3ccc(C)c(C)c3)n2)c1. The van der Waals surface area contributed by atoms with Crippen LogP contribution < -0.4 is 15.1 Å². The van der Waals surface area contributed by atoms with Crippen LogP contribution in [0.5, 0.6) is 6.01 Å². The minimum Gasteiger partial charge on any atom is -0.463 e. The van der Waals surface area contributed by atoms with E-state index in [4.69, 9.17) is 4.74 Å². The predicted molar refractivity (Wildman–Crippen MR) is 124 cm³/mol. The number of rotatable bonds is 8. The number of hydrogen-bond donors (Lipinski definition) is 1. The summed E-state index contributed by atoms with van der Waals surface area (Å²) in [5, 5.41) is 4.30. The van der Waals surface area contributed by atoms with Crippen LogP contribution >= 0.6 is 0 Å². The Labute approximate surface area is 178 Å². The monoisotopic (exact) mass is 403 g/mol. The van der Waals surface area contributed by atoms with E-state index in [9.17, 15) is 0 Å². The summed E-state index contributed by atoms with van der Waals surface area (Å²) in [4.78, 5) is 10.8. The van der Waals surface area contributed by atoms with E-state index < -0.39 is 0 Å². The Morgan fingerprint density at radius 1 is 1.00 bits per heavy atom. The molecule has 0 atom stereocenters. The maximum absolute atomic E-state index is 5.85. The summed E-state index contributed by atoms with van der Waals surface area (Å²) in [6.45, 7) is 6.80. The molecule has 0 fully saturated rings. The molecule has 0 unspecified atom stereocenters. The van der Waals surface area contributed by atoms with E-state index in [0.717, 1.165) is 17.8 Å². The molecule has 30 heavy (non-hydrogen) atoms. The Morgan fingerprint density at radius 2 is 1.83 bits per heavy atom. The average Bonchev–Trinajstić information content (AvgIpc) is 2.70. The molecule has 0 saturated heterocycles. The van der Waals surface area contributed by atoms with Crippen molar-refractivity contribution in [1.82, 2.24) is 9.97 Å². The molecule has 3 aromatic rings. The number of anilines is 2. The van der Waals surface area contributed by atoms with Gasteiger partial charge >= 0.3 is 6.01 Å². The molecule has 3 rings (SSSR count). The maximum atomic E-state index is 5.85. The van der Waals surface area contributed by atoms with Gasteiger partial charge in [0.05, 0.1) is 12.8 Å². The van der Waals surface area contributed by atoms with Crippen molar-refractivity contribution in [3.05, 3.63) is 76.3 Å². The lowest BCUT2D eigenvalue weighted by Crippen LogP contribution is -2.13. The molecule has 0 amide bonds. The molecule has 0 spiro atoms. The van der Waals surface area contributed by atoms with Gasteiger partial charge in [-0.15, -0.1) is 0 Å². The molecular formula is C24H29N5O. The molecule has 0 saturated carbocycles. The van der Waals surface area contributed by atoms with Crippen LogP contribution in [0, 0.1) is 20.8 Å². The number of ether oxygens (including phenoxy) is 1. The van der Waals surface area contributed by atoms with Gasteiger partial charge in [-0.2, -0.15) is 15.1 Å². The zero-order chi connectivity index (χ0) is 21.5. The molecular weight excluding hydrogens is 374 g/mol. The van der Waals surface area contributed by atoms with Gasteiger partial charge in [0.1, 0.15) is 5.82 Å². The quantitative estimate of drug-likeness (QED) is 0.442. The van der Waals surface area contributed by atoms with Crippen molar-refractivity contribution >= 4 is 17.9 Å². The molecule has 156 valence electrons. The van der Waals surface area contributed by atoms with Gasteiger partial charge in [-0.1, -0.05) is 48.0 Å². The fourth-order valence-corrected chi connectivity index (χ4v) is 2.91. The number of nitrogens with one attached hydrogen (secondary N) is 1. The van der Waals surface area contributed by atoms with Crippen LogP contribution in [0.2, 0.25) is 0 Å². The third-order valence-electron chi connectivity index (χ3n) is 4.78. The zero-order valence-corrected chi connectivity index (χ0v) is 18.3. The number of hydrogen-bond acceptors (Lipinski definition) is 6. The van der Waals surface area contributed by atoms with Crippen LogP contribution in [0.25, 0.3) is 0 Å². The van der Waals surface area contributed by atoms with Crippen molar-refractivity contribution in [2.24, 2.45) is 5.10 Å². The number of hydrazone groups is 1. The average molecular weight is 404 g/mol. The second-order valence-electron chi connectivity index (χ2n) is 7.59. The first-order valence-corrected chi connectivity index (χ1v) is 10.0. The Morgan fingerprint density at radius 3 is 2.57 bits per heavy atom. The zero-order valence-electron chi connectivity index (χ0n) is 18.3. The Kier molecular flexibility index (Phi) is 7.01. The summed E-state index contributed by atoms with van der Waals surface area (Å²) in [7, 11) is 3.86. The van der Waals surface area contributed by atoms with E-state index in [2.05, 4.69) is 71.6 Å². The smallest absolute Gasteiger partial charge is 0.320 e. The summed E-state index contributed by atoms with van der Waals surface area (Å²) in [5.41, 5.74) is 9.02. The summed E-state index contributed by atoms with van der Waals surface area (Å²) in [6, 6.07) is 16.8. The van der Waals surface area contributed by atoms with Crippen LogP contribution in [-0.4, -0.2) is 36.9 Å². The molecule has 0 aliphatic rings. The first kappa shape index (κ1) is 21.3. The minimum absolute atomic E-state index is 0.332. The van der Waals surface area contributed by atoms with E-state index in [0.29, 0.717) is 18.4 Å². The first-order valence-electron chi connectivity index (χ1n) is 10.0. The molecule has 0 aliphatic heterocycles. The number of benzene rings is 2. The van der Waals surface area contributed by atoms with Crippen molar-refractivity contribution < 1.29 is 4.74 Å². The maximum Gasteiger partial charge on any atom is 0.320 e. The van der Waals surface area contributed by atoms with Gasteiger partial charge in [-0.3, -0.25) is 5.43 Å². The lowest BCUT2D eigenvalue weighted by molar-refractivity contribution is 0.297. The van der Waals surface area contributed by atoms with Crippen molar-refractivity contribution in [3.63, 3.8) is 0 Å². The summed E-state index contributed by atoms with van der Waals surface area (Å²) < 4.78 is 5.85.